The number of amidine groups is 1. The fraction of sp³-hybridized carbons (Fsp3) is 0. The van der Waals surface area contributed by atoms with Crippen LogP contribution in [0.25, 0.3) is 6.08 Å². The van der Waals surface area contributed by atoms with Crippen molar-refractivity contribution in [3.05, 3.63) is 39.9 Å². The summed E-state index contributed by atoms with van der Waals surface area (Å²) in [5.74, 6) is 4.65. The van der Waals surface area contributed by atoms with E-state index in [2.05, 4.69) is 31.7 Å². The molecular weight excluding hydrogens is 300 g/mol. The van der Waals surface area contributed by atoms with E-state index in [0.717, 1.165) is 10.0 Å². The van der Waals surface area contributed by atoms with Crippen molar-refractivity contribution in [1.29, 1.82) is 0 Å². The molecule has 1 aliphatic heterocycles. The lowest BCUT2D eigenvalue weighted by Gasteiger charge is -2.17. The average molecular weight is 309 g/mol. The van der Waals surface area contributed by atoms with Gasteiger partial charge in [-0.25, -0.2) is 4.79 Å². The van der Waals surface area contributed by atoms with Crippen LogP contribution in [0.3, 0.4) is 0 Å². The topological polar surface area (TPSA) is 96.6 Å². The maximum atomic E-state index is 11.7. The predicted octanol–water partition coefficient (Wildman–Crippen LogP) is 0.944. The van der Waals surface area contributed by atoms with Gasteiger partial charge < -0.3 is 5.84 Å². The number of hydrazone groups is 1. The molecular formula is C11H9BrN4O2. The Morgan fingerprint density at radius 2 is 2.06 bits per heavy atom. The van der Waals surface area contributed by atoms with Crippen LogP contribution in [0.15, 0.2) is 39.4 Å². The van der Waals surface area contributed by atoms with Crippen LogP contribution < -0.4 is 16.5 Å². The van der Waals surface area contributed by atoms with Gasteiger partial charge in [-0.05, 0) is 23.8 Å². The Balaban J connectivity index is 2.41. The highest BCUT2D eigenvalue weighted by molar-refractivity contribution is 9.10. The van der Waals surface area contributed by atoms with Crippen molar-refractivity contribution in [1.82, 2.24) is 10.6 Å². The van der Waals surface area contributed by atoms with E-state index in [4.69, 9.17) is 5.84 Å². The van der Waals surface area contributed by atoms with E-state index in [1.54, 1.807) is 6.08 Å². The summed E-state index contributed by atoms with van der Waals surface area (Å²) in [4.78, 5) is 22.8. The van der Waals surface area contributed by atoms with Gasteiger partial charge in [-0.2, -0.15) is 5.10 Å². The number of benzene rings is 1. The molecule has 18 heavy (non-hydrogen) atoms. The van der Waals surface area contributed by atoms with Gasteiger partial charge in [-0.1, -0.05) is 28.1 Å². The number of hydrogen-bond donors (Lipinski definition) is 3. The number of carbonyl (C=O) groups is 2. The minimum absolute atomic E-state index is 0.0451. The average Bonchev–Trinajstić information content (AvgIpc) is 2.32. The van der Waals surface area contributed by atoms with E-state index in [1.807, 2.05) is 24.3 Å². The second-order valence-electron chi connectivity index (χ2n) is 3.50. The van der Waals surface area contributed by atoms with Crippen molar-refractivity contribution in [2.75, 3.05) is 0 Å². The molecule has 0 aliphatic carbocycles. The maximum Gasteiger partial charge on any atom is 0.327 e. The molecule has 0 aromatic heterocycles. The highest BCUT2D eigenvalue weighted by atomic mass is 79.9. The lowest BCUT2D eigenvalue weighted by molar-refractivity contribution is -0.116. The highest BCUT2D eigenvalue weighted by Gasteiger charge is 2.25. The molecule has 3 amide bonds. The molecule has 1 heterocycles. The van der Waals surface area contributed by atoms with Gasteiger partial charge in [-0.15, -0.1) is 0 Å². The van der Waals surface area contributed by atoms with E-state index in [-0.39, 0.29) is 11.4 Å². The molecule has 0 saturated carbocycles. The standard InChI is InChI=1S/C11H9BrN4O2/c12-7-3-1-2-6(4-7)5-8-9(16-13)14-11(18)15-10(8)17/h1-5H,13H2,(H2,14,15,16,17,18)/b8-5-. The van der Waals surface area contributed by atoms with Crippen molar-refractivity contribution in [2.45, 2.75) is 0 Å². The first-order valence-corrected chi connectivity index (χ1v) is 5.77. The number of urea groups is 1. The van der Waals surface area contributed by atoms with Crippen LogP contribution >= 0.6 is 15.9 Å². The van der Waals surface area contributed by atoms with Gasteiger partial charge in [-0.3, -0.25) is 15.4 Å². The Morgan fingerprint density at radius 3 is 2.72 bits per heavy atom. The first kappa shape index (κ1) is 12.3. The number of carbonyl (C=O) groups excluding carboxylic acids is 2. The molecule has 2 rings (SSSR count). The van der Waals surface area contributed by atoms with Crippen LogP contribution in [0.2, 0.25) is 0 Å². The van der Waals surface area contributed by atoms with E-state index in [0.29, 0.717) is 0 Å². The molecule has 4 N–H and O–H groups in total. The summed E-state index contributed by atoms with van der Waals surface area (Å²) < 4.78 is 0.878. The summed E-state index contributed by atoms with van der Waals surface area (Å²) in [7, 11) is 0. The van der Waals surface area contributed by atoms with Crippen LogP contribution in [0.1, 0.15) is 5.56 Å². The third-order valence-corrected chi connectivity index (χ3v) is 2.74. The van der Waals surface area contributed by atoms with Crippen LogP contribution in [0.4, 0.5) is 4.79 Å². The lowest BCUT2D eigenvalue weighted by atomic mass is 10.1. The third kappa shape index (κ3) is 2.57. The van der Waals surface area contributed by atoms with E-state index in [9.17, 15) is 9.59 Å². The number of imide groups is 1. The van der Waals surface area contributed by atoms with Crippen LogP contribution in [-0.2, 0) is 4.79 Å². The predicted molar refractivity (Wildman–Crippen MR) is 70.4 cm³/mol. The zero-order valence-corrected chi connectivity index (χ0v) is 10.7. The van der Waals surface area contributed by atoms with Gasteiger partial charge >= 0.3 is 6.03 Å². The first-order chi connectivity index (χ1) is 8.60. The van der Waals surface area contributed by atoms with Crippen molar-refractivity contribution in [3.8, 4) is 0 Å². The van der Waals surface area contributed by atoms with Gasteiger partial charge in [0.2, 0.25) is 0 Å². The van der Waals surface area contributed by atoms with E-state index in [1.165, 1.54) is 0 Å². The van der Waals surface area contributed by atoms with Gasteiger partial charge in [0.05, 0.1) is 5.57 Å². The van der Waals surface area contributed by atoms with E-state index < -0.39 is 11.9 Å². The minimum Gasteiger partial charge on any atom is -0.321 e. The molecule has 0 unspecified atom stereocenters. The van der Waals surface area contributed by atoms with Crippen LogP contribution in [0.5, 0.6) is 0 Å². The van der Waals surface area contributed by atoms with E-state index >= 15 is 0 Å². The fourth-order valence-electron chi connectivity index (χ4n) is 1.48. The molecule has 1 aliphatic rings. The molecule has 6 nitrogen and oxygen atoms in total. The molecule has 0 bridgehead atoms. The largest absolute Gasteiger partial charge is 0.327 e. The van der Waals surface area contributed by atoms with Crippen molar-refractivity contribution in [2.24, 2.45) is 10.9 Å². The summed E-state index contributed by atoms with van der Waals surface area (Å²) in [5, 5.41) is 7.87. The summed E-state index contributed by atoms with van der Waals surface area (Å²) in [6, 6.07) is 6.69. The molecule has 0 atom stereocenters. The normalized spacial score (nSPS) is 19.8. The number of hydrogen-bond acceptors (Lipinski definition) is 4. The van der Waals surface area contributed by atoms with Crippen molar-refractivity contribution < 1.29 is 9.59 Å². The Morgan fingerprint density at radius 1 is 1.28 bits per heavy atom. The Kier molecular flexibility index (Phi) is 3.42. The maximum absolute atomic E-state index is 11.7. The summed E-state index contributed by atoms with van der Waals surface area (Å²) in [6.45, 7) is 0. The molecule has 1 saturated heterocycles. The molecule has 92 valence electrons. The quantitative estimate of drug-likeness (QED) is 0.409. The molecule has 7 heteroatoms. The summed E-state index contributed by atoms with van der Waals surface area (Å²) in [6.07, 6.45) is 1.59. The SMILES string of the molecule is N/N=C1\NC(=O)NC(=O)\C1=C/c1cccc(Br)c1. The van der Waals surface area contributed by atoms with Crippen molar-refractivity contribution in [3.63, 3.8) is 0 Å². The number of halogens is 1. The highest BCUT2D eigenvalue weighted by Crippen LogP contribution is 2.15. The number of nitrogens with one attached hydrogen (secondary N) is 2. The summed E-state index contributed by atoms with van der Waals surface area (Å²) in [5.41, 5.74) is 0.988. The molecule has 0 radical (unpaired) electrons. The van der Waals surface area contributed by atoms with Gasteiger partial charge in [0.25, 0.3) is 5.91 Å². The molecule has 0 spiro atoms. The number of rotatable bonds is 1. The molecule has 1 aromatic rings. The smallest absolute Gasteiger partial charge is 0.321 e. The first-order valence-electron chi connectivity index (χ1n) is 4.98. The minimum atomic E-state index is -0.643. The Bertz CT molecular complexity index is 580. The number of nitrogens with two attached hydrogens (primary N) is 1. The zero-order valence-electron chi connectivity index (χ0n) is 9.11. The molecule has 1 aromatic carbocycles. The Hall–Kier alpha value is -2.15. The second-order valence-corrected chi connectivity index (χ2v) is 4.41. The fourth-order valence-corrected chi connectivity index (χ4v) is 1.90. The Labute approximate surface area is 111 Å². The van der Waals surface area contributed by atoms with Crippen LogP contribution in [0, 0.1) is 0 Å². The monoisotopic (exact) mass is 308 g/mol. The van der Waals surface area contributed by atoms with Crippen LogP contribution in [-0.4, -0.2) is 17.8 Å². The zero-order chi connectivity index (χ0) is 13.1. The molecule has 1 fully saturated rings. The van der Waals surface area contributed by atoms with Gasteiger partial charge in [0, 0.05) is 4.47 Å². The number of amides is 3. The number of nitrogens with zero attached hydrogens (tertiary/aromatic N) is 1. The summed E-state index contributed by atoms with van der Waals surface area (Å²) >= 11 is 3.33. The second kappa shape index (κ2) is 5.01. The third-order valence-electron chi connectivity index (χ3n) is 2.25. The van der Waals surface area contributed by atoms with Gasteiger partial charge in [0.15, 0.2) is 5.84 Å². The lowest BCUT2D eigenvalue weighted by Crippen LogP contribution is -2.51. The van der Waals surface area contributed by atoms with Gasteiger partial charge in [0.1, 0.15) is 0 Å². The van der Waals surface area contributed by atoms with Crippen molar-refractivity contribution >= 4 is 39.8 Å².